The van der Waals surface area contributed by atoms with Crippen molar-refractivity contribution >= 4 is 16.8 Å². The number of hydrogen-bond donors (Lipinski definition) is 0. The van der Waals surface area contributed by atoms with Crippen LogP contribution in [0.25, 0.3) is 0 Å². The van der Waals surface area contributed by atoms with E-state index >= 15 is 0 Å². The van der Waals surface area contributed by atoms with Crippen molar-refractivity contribution in [3.63, 3.8) is 0 Å². The van der Waals surface area contributed by atoms with E-state index in [1.165, 1.54) is 0 Å². The zero-order chi connectivity index (χ0) is 13.1. The molecule has 0 saturated heterocycles. The van der Waals surface area contributed by atoms with Crippen molar-refractivity contribution in [3.8, 4) is 0 Å². The van der Waals surface area contributed by atoms with E-state index in [1.807, 2.05) is 5.06 Å². The SMILES string of the molecule is CON(CCP(OC)OC)CCP(OC)OC. The molecule has 8 heteroatoms. The van der Waals surface area contributed by atoms with Crippen LogP contribution < -0.4 is 0 Å². The molecule has 0 aliphatic heterocycles. The zero-order valence-corrected chi connectivity index (χ0v) is 13.0. The van der Waals surface area contributed by atoms with Crippen LogP contribution in [0.4, 0.5) is 0 Å². The van der Waals surface area contributed by atoms with Crippen molar-refractivity contribution in [3.05, 3.63) is 0 Å². The summed E-state index contributed by atoms with van der Waals surface area (Å²) in [6, 6.07) is 0. The molecule has 0 amide bonds. The fourth-order valence-electron chi connectivity index (χ4n) is 1.19. The molecular weight excluding hydrogens is 264 g/mol. The molecule has 0 atom stereocenters. The van der Waals surface area contributed by atoms with E-state index in [4.69, 9.17) is 22.9 Å². The molecule has 0 saturated carbocycles. The monoisotopic (exact) mass is 287 g/mol. The minimum atomic E-state index is -0.807. The Labute approximate surface area is 106 Å². The van der Waals surface area contributed by atoms with Gasteiger partial charge in [-0.2, -0.15) is 5.06 Å². The van der Waals surface area contributed by atoms with Crippen molar-refractivity contribution in [2.45, 2.75) is 0 Å². The van der Waals surface area contributed by atoms with Crippen molar-refractivity contribution in [2.24, 2.45) is 0 Å². The molecule has 0 aromatic carbocycles. The minimum absolute atomic E-state index is 0.764. The van der Waals surface area contributed by atoms with Gasteiger partial charge < -0.3 is 22.9 Å². The summed E-state index contributed by atoms with van der Waals surface area (Å²) in [6.45, 7) is 1.53. The maximum Gasteiger partial charge on any atom is 0.171 e. The zero-order valence-electron chi connectivity index (χ0n) is 11.2. The standard InChI is InChI=1S/C9H23NO5P2/c1-11-10(6-8-16(12-2)13-3)7-9-17(14-4)15-5/h6-9H2,1-5H3. The summed E-state index contributed by atoms with van der Waals surface area (Å²) >= 11 is 0. The van der Waals surface area contributed by atoms with E-state index in [0.717, 1.165) is 25.4 Å². The summed E-state index contributed by atoms with van der Waals surface area (Å²) in [5.41, 5.74) is 0. The highest BCUT2D eigenvalue weighted by Gasteiger charge is 2.13. The molecule has 0 heterocycles. The summed E-state index contributed by atoms with van der Waals surface area (Å²) < 4.78 is 20.7. The first-order valence-electron chi connectivity index (χ1n) is 5.22. The summed E-state index contributed by atoms with van der Waals surface area (Å²) in [5.74, 6) is 0. The molecule has 0 fully saturated rings. The molecule has 0 aromatic heterocycles. The lowest BCUT2D eigenvalue weighted by Gasteiger charge is -2.22. The number of nitrogens with zero attached hydrogens (tertiary/aromatic N) is 1. The topological polar surface area (TPSA) is 49.4 Å². The van der Waals surface area contributed by atoms with Gasteiger partial charge in [-0.3, -0.25) is 0 Å². The van der Waals surface area contributed by atoms with Gasteiger partial charge in [-0.25, -0.2) is 0 Å². The third-order valence-electron chi connectivity index (χ3n) is 2.14. The van der Waals surface area contributed by atoms with Gasteiger partial charge in [-0.15, -0.1) is 0 Å². The Balaban J connectivity index is 3.82. The quantitative estimate of drug-likeness (QED) is 0.428. The van der Waals surface area contributed by atoms with Crippen LogP contribution in [0.3, 0.4) is 0 Å². The van der Waals surface area contributed by atoms with Gasteiger partial charge >= 0.3 is 0 Å². The highest BCUT2D eigenvalue weighted by molar-refractivity contribution is 7.47. The van der Waals surface area contributed by atoms with Gasteiger partial charge in [0.2, 0.25) is 0 Å². The van der Waals surface area contributed by atoms with E-state index < -0.39 is 16.8 Å². The van der Waals surface area contributed by atoms with Gasteiger partial charge in [0.05, 0.1) is 7.11 Å². The lowest BCUT2D eigenvalue weighted by molar-refractivity contribution is -0.122. The van der Waals surface area contributed by atoms with Gasteiger partial charge in [-0.05, 0) is 0 Å². The molecule has 0 rings (SSSR count). The number of rotatable bonds is 11. The van der Waals surface area contributed by atoms with E-state index in [1.54, 1.807) is 35.5 Å². The molecule has 0 aliphatic rings. The molecule has 0 unspecified atom stereocenters. The minimum Gasteiger partial charge on any atom is -0.337 e. The van der Waals surface area contributed by atoms with Gasteiger partial charge in [-0.1, -0.05) is 0 Å². The van der Waals surface area contributed by atoms with Crippen LogP contribution in [0.15, 0.2) is 0 Å². The van der Waals surface area contributed by atoms with Crippen LogP contribution in [0, 0.1) is 0 Å². The van der Waals surface area contributed by atoms with Crippen LogP contribution in [0.1, 0.15) is 0 Å². The molecule has 0 aliphatic carbocycles. The Morgan fingerprint density at radius 1 is 0.706 bits per heavy atom. The summed E-state index contributed by atoms with van der Waals surface area (Å²) in [4.78, 5) is 5.26. The first-order valence-corrected chi connectivity index (χ1v) is 7.94. The van der Waals surface area contributed by atoms with Crippen LogP contribution in [0.5, 0.6) is 0 Å². The highest BCUT2D eigenvalue weighted by Crippen LogP contribution is 2.37. The fourth-order valence-corrected chi connectivity index (χ4v) is 3.00. The Kier molecular flexibility index (Phi) is 12.1. The Hall–Kier alpha value is 0.620. The van der Waals surface area contributed by atoms with Gasteiger partial charge in [0.1, 0.15) is 0 Å². The molecular formula is C9H23NO5P2. The molecule has 17 heavy (non-hydrogen) atoms. The van der Waals surface area contributed by atoms with Crippen LogP contribution in [-0.4, -0.2) is 66.0 Å². The number of hydroxylamine groups is 2. The predicted octanol–water partition coefficient (Wildman–Crippen LogP) is 2.06. The first kappa shape index (κ1) is 17.6. The Morgan fingerprint density at radius 3 is 1.29 bits per heavy atom. The Bertz CT molecular complexity index is 153. The van der Waals surface area contributed by atoms with E-state index in [-0.39, 0.29) is 0 Å². The summed E-state index contributed by atoms with van der Waals surface area (Å²) in [5, 5.41) is 1.86. The number of hydrogen-bond acceptors (Lipinski definition) is 6. The largest absolute Gasteiger partial charge is 0.337 e. The lowest BCUT2D eigenvalue weighted by Crippen LogP contribution is -2.28. The van der Waals surface area contributed by atoms with E-state index in [2.05, 4.69) is 0 Å². The second-order valence-corrected chi connectivity index (χ2v) is 6.64. The van der Waals surface area contributed by atoms with Gasteiger partial charge in [0.25, 0.3) is 0 Å². The first-order chi connectivity index (χ1) is 8.21. The molecule has 0 spiro atoms. The maximum absolute atomic E-state index is 5.26. The second-order valence-electron chi connectivity index (χ2n) is 2.95. The molecule has 104 valence electrons. The van der Waals surface area contributed by atoms with Gasteiger partial charge in [0.15, 0.2) is 16.8 Å². The van der Waals surface area contributed by atoms with Gasteiger partial charge in [0, 0.05) is 53.9 Å². The van der Waals surface area contributed by atoms with E-state index in [9.17, 15) is 0 Å². The third-order valence-corrected chi connectivity index (χ3v) is 4.90. The maximum atomic E-state index is 5.26. The van der Waals surface area contributed by atoms with E-state index in [0.29, 0.717) is 0 Å². The van der Waals surface area contributed by atoms with Crippen LogP contribution in [0.2, 0.25) is 0 Å². The smallest absolute Gasteiger partial charge is 0.171 e. The van der Waals surface area contributed by atoms with Crippen molar-refractivity contribution in [1.82, 2.24) is 5.06 Å². The average Bonchev–Trinajstić information content (AvgIpc) is 2.38. The summed E-state index contributed by atoms with van der Waals surface area (Å²) in [6.07, 6.45) is 1.63. The van der Waals surface area contributed by atoms with Crippen LogP contribution >= 0.6 is 16.8 Å². The van der Waals surface area contributed by atoms with Crippen LogP contribution in [-0.2, 0) is 22.9 Å². The summed E-state index contributed by atoms with van der Waals surface area (Å²) in [7, 11) is 6.66. The lowest BCUT2D eigenvalue weighted by atomic mass is 10.6. The molecule has 0 bridgehead atoms. The molecule has 0 radical (unpaired) electrons. The normalized spacial score (nSPS) is 12.0. The molecule has 0 aromatic rings. The van der Waals surface area contributed by atoms with Crippen molar-refractivity contribution < 1.29 is 22.9 Å². The Morgan fingerprint density at radius 2 is 1.06 bits per heavy atom. The van der Waals surface area contributed by atoms with Crippen molar-refractivity contribution in [1.29, 1.82) is 0 Å². The second kappa shape index (κ2) is 11.7. The average molecular weight is 287 g/mol. The fraction of sp³-hybridized carbons (Fsp3) is 1.00. The van der Waals surface area contributed by atoms with Crippen molar-refractivity contribution in [2.75, 3.05) is 61.0 Å². The molecule has 0 N–H and O–H groups in total. The molecule has 6 nitrogen and oxygen atoms in total. The third kappa shape index (κ3) is 8.36. The highest BCUT2D eigenvalue weighted by atomic mass is 31.2. The predicted molar refractivity (Wildman–Crippen MR) is 70.2 cm³/mol.